The van der Waals surface area contributed by atoms with Crippen molar-refractivity contribution in [2.45, 2.75) is 103 Å². The van der Waals surface area contributed by atoms with E-state index in [0.29, 0.717) is 17.7 Å². The van der Waals surface area contributed by atoms with E-state index in [4.69, 9.17) is 0 Å². The monoisotopic (exact) mass is 680 g/mol. The fraction of sp³-hybridized carbons (Fsp3) is 0.645. The van der Waals surface area contributed by atoms with E-state index in [2.05, 4.69) is 27.8 Å². The lowest BCUT2D eigenvalue weighted by atomic mass is 9.85. The number of hydrogen-bond acceptors (Lipinski definition) is 8. The van der Waals surface area contributed by atoms with Gasteiger partial charge in [0.05, 0.1) is 10.9 Å². The molecule has 1 fully saturated rings. The molecule has 1 saturated heterocycles. The number of nitrogens with zero attached hydrogens (tertiary/aromatic N) is 2. The zero-order valence-corrected chi connectivity index (χ0v) is 29.4. The van der Waals surface area contributed by atoms with Gasteiger partial charge in [-0.15, -0.1) is 17.9 Å². The van der Waals surface area contributed by atoms with Crippen molar-refractivity contribution in [1.29, 1.82) is 0 Å². The van der Waals surface area contributed by atoms with Gasteiger partial charge in [0.15, 0.2) is 0 Å². The maximum absolute atomic E-state index is 14.0. The number of urea groups is 1. The van der Waals surface area contributed by atoms with Gasteiger partial charge in [-0.3, -0.25) is 19.2 Å². The molecule has 3 rings (SSSR count). The summed E-state index contributed by atoms with van der Waals surface area (Å²) < 4.78 is 27.6. The second-order valence-electron chi connectivity index (χ2n) is 13.9. The lowest BCUT2D eigenvalue weighted by molar-refractivity contribution is -0.143. The molecule has 3 heterocycles. The first kappa shape index (κ1) is 37.2. The third-order valence-electron chi connectivity index (χ3n) is 8.28. The van der Waals surface area contributed by atoms with E-state index < -0.39 is 74.6 Å². The highest BCUT2D eigenvalue weighted by Crippen LogP contribution is 2.35. The fourth-order valence-electron chi connectivity index (χ4n) is 5.44. The van der Waals surface area contributed by atoms with Crippen LogP contribution in [0, 0.1) is 10.8 Å². The number of sulfonamides is 1. The highest BCUT2D eigenvalue weighted by atomic mass is 32.2. The molecule has 256 valence electrons. The van der Waals surface area contributed by atoms with Gasteiger partial charge in [0, 0.05) is 37.1 Å². The van der Waals surface area contributed by atoms with Crippen LogP contribution in [0.3, 0.4) is 0 Å². The zero-order chi connectivity index (χ0) is 34.6. The molecular formula is C31H48N6O7S2. The minimum Gasteiger partial charge on any atom is -0.346 e. The van der Waals surface area contributed by atoms with Crippen LogP contribution in [-0.2, 0) is 35.7 Å². The number of nitrogens with one attached hydrogen (secondary N) is 4. The van der Waals surface area contributed by atoms with Crippen molar-refractivity contribution in [3.05, 3.63) is 29.0 Å². The van der Waals surface area contributed by atoms with E-state index >= 15 is 0 Å². The van der Waals surface area contributed by atoms with E-state index in [-0.39, 0.29) is 32.6 Å². The number of fused-ring (bicyclic) bond motifs is 1. The highest BCUT2D eigenvalue weighted by Gasteiger charge is 2.44. The summed E-state index contributed by atoms with van der Waals surface area (Å²) in [6.45, 7) is 16.9. The Hall–Kier alpha value is -3.30. The van der Waals surface area contributed by atoms with Crippen molar-refractivity contribution >= 4 is 50.9 Å². The summed E-state index contributed by atoms with van der Waals surface area (Å²) in [6, 6.07) is -2.61. The molecule has 1 aromatic rings. The molecule has 0 spiro atoms. The van der Waals surface area contributed by atoms with Crippen LogP contribution in [0.4, 0.5) is 4.79 Å². The van der Waals surface area contributed by atoms with Gasteiger partial charge in [0.1, 0.15) is 12.1 Å². The number of carbonyl (C=O) groups is 5. The van der Waals surface area contributed by atoms with Crippen LogP contribution in [0.1, 0.15) is 72.6 Å². The largest absolute Gasteiger partial charge is 0.346 e. The molecule has 13 nitrogen and oxygen atoms in total. The average Bonchev–Trinajstić information content (AvgIpc) is 3.69. The summed E-state index contributed by atoms with van der Waals surface area (Å²) in [5.74, 6) is -2.62. The second kappa shape index (κ2) is 14.6. The van der Waals surface area contributed by atoms with Gasteiger partial charge in [0.2, 0.25) is 27.6 Å². The molecule has 4 N–H and O–H groups in total. The molecule has 15 heteroatoms. The third-order valence-corrected chi connectivity index (χ3v) is 11.2. The first-order valence-electron chi connectivity index (χ1n) is 15.5. The fourth-order valence-corrected chi connectivity index (χ4v) is 8.37. The number of Topliss-reactive ketones (excluding diaryl/α,β-unsaturated/α-hetero) is 1. The van der Waals surface area contributed by atoms with Gasteiger partial charge in [-0.1, -0.05) is 54.5 Å². The van der Waals surface area contributed by atoms with Crippen molar-refractivity contribution in [3.8, 4) is 0 Å². The summed E-state index contributed by atoms with van der Waals surface area (Å²) in [7, 11) is -3.68. The second-order valence-corrected chi connectivity index (χ2v) is 16.8. The van der Waals surface area contributed by atoms with Crippen molar-refractivity contribution in [3.63, 3.8) is 0 Å². The quantitative estimate of drug-likeness (QED) is 0.193. The van der Waals surface area contributed by atoms with Crippen LogP contribution in [0.5, 0.6) is 0 Å². The van der Waals surface area contributed by atoms with Crippen LogP contribution in [0.15, 0.2) is 29.0 Å². The summed E-state index contributed by atoms with van der Waals surface area (Å²) in [4.78, 5) is 68.1. The smallest absolute Gasteiger partial charge is 0.315 e. The van der Waals surface area contributed by atoms with Crippen LogP contribution >= 0.6 is 11.3 Å². The van der Waals surface area contributed by atoms with E-state index in [9.17, 15) is 32.4 Å². The molecule has 0 saturated carbocycles. The maximum Gasteiger partial charge on any atom is 0.315 e. The van der Waals surface area contributed by atoms with Crippen molar-refractivity contribution in [2.24, 2.45) is 10.8 Å². The number of thiophene rings is 1. The Labute approximate surface area is 276 Å². The van der Waals surface area contributed by atoms with E-state index in [1.54, 1.807) is 39.1 Å². The van der Waals surface area contributed by atoms with E-state index in [1.165, 1.54) is 26.6 Å². The summed E-state index contributed by atoms with van der Waals surface area (Å²) >= 11 is 1.38. The topological polar surface area (TPSA) is 174 Å². The molecule has 4 atom stereocenters. The Balaban J connectivity index is 1.72. The molecule has 0 aromatic carbocycles. The Bertz CT molecular complexity index is 1440. The number of carbonyl (C=O) groups excluding carboxylic acids is 5. The van der Waals surface area contributed by atoms with Gasteiger partial charge in [-0.2, -0.15) is 4.31 Å². The normalized spacial score (nSPS) is 19.8. The molecular weight excluding hydrogens is 633 g/mol. The number of likely N-dealkylation sites (tertiary alicyclic amines) is 1. The minimum atomic E-state index is -3.68. The van der Waals surface area contributed by atoms with Crippen LogP contribution in [0.25, 0.3) is 0 Å². The van der Waals surface area contributed by atoms with Gasteiger partial charge in [0.25, 0.3) is 5.91 Å². The molecule has 5 amide bonds. The highest BCUT2D eigenvalue weighted by molar-refractivity contribution is 7.89. The maximum atomic E-state index is 14.0. The van der Waals surface area contributed by atoms with Crippen molar-refractivity contribution in [2.75, 3.05) is 19.6 Å². The first-order valence-corrected chi connectivity index (χ1v) is 17.8. The molecule has 0 aliphatic carbocycles. The van der Waals surface area contributed by atoms with Crippen LogP contribution in [0.2, 0.25) is 0 Å². The third kappa shape index (κ3) is 8.53. The van der Waals surface area contributed by atoms with E-state index in [0.717, 1.165) is 4.88 Å². The van der Waals surface area contributed by atoms with Gasteiger partial charge in [-0.25, -0.2) is 13.2 Å². The van der Waals surface area contributed by atoms with Gasteiger partial charge < -0.3 is 26.2 Å². The zero-order valence-electron chi connectivity index (χ0n) is 27.8. The Morgan fingerprint density at radius 1 is 1.07 bits per heavy atom. The van der Waals surface area contributed by atoms with Gasteiger partial charge >= 0.3 is 6.03 Å². The molecule has 46 heavy (non-hydrogen) atoms. The first-order chi connectivity index (χ1) is 21.3. The number of amides is 5. The standard InChI is InChI=1S/C31H48N6O7S2/c1-9-14-32-27(40)24(38)19(10-2)33-26(39)20-12-11-15-37(20)28(41)25(31(6,7)8)35-29(42)34-23(30(3,4)5)18-36-17-21-22(13-16-45-21)46(36,43)44/h9,13,16,19-20,23,25H,1,10-12,14-15,17-18H2,2-8H3,(H,32,40)(H,33,39)(H2,34,35,42)/t19?,20-,23+,25+/m0/s1. The Morgan fingerprint density at radius 3 is 2.30 bits per heavy atom. The predicted octanol–water partition coefficient (Wildman–Crippen LogP) is 2.14. The number of ketones is 1. The Morgan fingerprint density at radius 2 is 1.74 bits per heavy atom. The van der Waals surface area contributed by atoms with Crippen LogP contribution < -0.4 is 21.3 Å². The molecule has 2 aliphatic rings. The summed E-state index contributed by atoms with van der Waals surface area (Å²) in [5.41, 5.74) is -1.29. The Kier molecular flexibility index (Phi) is 11.8. The van der Waals surface area contributed by atoms with Crippen molar-refractivity contribution < 1.29 is 32.4 Å². The van der Waals surface area contributed by atoms with Gasteiger partial charge in [-0.05, 0) is 41.5 Å². The van der Waals surface area contributed by atoms with E-state index in [1.807, 2.05) is 20.8 Å². The SMILES string of the molecule is C=CCNC(=O)C(=O)C(CC)NC(=O)[C@@H]1CCCN1C(=O)[C@@H](NC(=O)N[C@H](CN1Cc2sccc2S1(=O)=O)C(C)(C)C)C(C)(C)C. The van der Waals surface area contributed by atoms with Crippen LogP contribution in [-0.4, -0.2) is 91.0 Å². The molecule has 0 bridgehead atoms. The lowest BCUT2D eigenvalue weighted by Crippen LogP contribution is -2.61. The molecule has 0 radical (unpaired) electrons. The van der Waals surface area contributed by atoms with Crippen molar-refractivity contribution in [1.82, 2.24) is 30.5 Å². The molecule has 2 aliphatic heterocycles. The number of rotatable bonds is 12. The number of hydrogen-bond donors (Lipinski definition) is 4. The average molecular weight is 681 g/mol. The lowest BCUT2D eigenvalue weighted by Gasteiger charge is -2.37. The minimum absolute atomic E-state index is 0.0477. The summed E-state index contributed by atoms with van der Waals surface area (Å²) in [6.07, 6.45) is 2.52. The predicted molar refractivity (Wildman–Crippen MR) is 175 cm³/mol. The molecule has 1 unspecified atom stereocenters. The molecule has 1 aromatic heterocycles. The summed E-state index contributed by atoms with van der Waals surface area (Å²) in [5, 5.41) is 12.5.